The van der Waals surface area contributed by atoms with Crippen molar-refractivity contribution in [1.29, 1.82) is 0 Å². The first-order valence-corrected chi connectivity index (χ1v) is 6.32. The van der Waals surface area contributed by atoms with E-state index < -0.39 is 17.6 Å². The fourth-order valence-corrected chi connectivity index (χ4v) is 2.35. The molecule has 108 valence electrons. The molecule has 0 unspecified atom stereocenters. The predicted octanol–water partition coefficient (Wildman–Crippen LogP) is 2.02. The smallest absolute Gasteiger partial charge is 0.307 e. The molecule has 1 heterocycles. The number of rotatable bonds is 4. The van der Waals surface area contributed by atoms with Gasteiger partial charge in [-0.3, -0.25) is 9.59 Å². The summed E-state index contributed by atoms with van der Waals surface area (Å²) in [6.45, 7) is -0.0376. The maximum Gasteiger partial charge on any atom is 0.307 e. The van der Waals surface area contributed by atoms with Crippen molar-refractivity contribution in [3.05, 3.63) is 35.4 Å². The van der Waals surface area contributed by atoms with Gasteiger partial charge in [-0.05, 0) is 12.5 Å². The van der Waals surface area contributed by atoms with Gasteiger partial charge in [0.15, 0.2) is 11.6 Å². The topological polar surface area (TPSA) is 46.6 Å². The summed E-state index contributed by atoms with van der Waals surface area (Å²) in [6.07, 6.45) is 0.892. The number of esters is 1. The molecule has 0 aromatic heterocycles. The molecule has 1 aliphatic rings. The highest BCUT2D eigenvalue weighted by Crippen LogP contribution is 2.25. The first-order chi connectivity index (χ1) is 9.52. The average Bonchev–Trinajstić information content (AvgIpc) is 2.76. The molecule has 4 nitrogen and oxygen atoms in total. The SMILES string of the molecule is COC(=O)C[C@@H]1CCC(=O)N1Cc1cccc(F)c1F. The Hall–Kier alpha value is -1.98. The molecule has 0 bridgehead atoms. The molecule has 1 saturated heterocycles. The van der Waals surface area contributed by atoms with Crippen LogP contribution in [0.25, 0.3) is 0 Å². The molecule has 0 radical (unpaired) electrons. The van der Waals surface area contributed by atoms with Gasteiger partial charge in [0, 0.05) is 24.6 Å². The van der Waals surface area contributed by atoms with Crippen LogP contribution in [0.5, 0.6) is 0 Å². The maximum atomic E-state index is 13.6. The van der Waals surface area contributed by atoms with E-state index in [0.717, 1.165) is 6.07 Å². The van der Waals surface area contributed by atoms with Crippen LogP contribution >= 0.6 is 0 Å². The highest BCUT2D eigenvalue weighted by molar-refractivity contribution is 5.80. The Morgan fingerprint density at radius 2 is 2.20 bits per heavy atom. The third-order valence-electron chi connectivity index (χ3n) is 3.45. The minimum Gasteiger partial charge on any atom is -0.469 e. The van der Waals surface area contributed by atoms with Crippen molar-refractivity contribution in [3.63, 3.8) is 0 Å². The van der Waals surface area contributed by atoms with E-state index in [0.29, 0.717) is 12.8 Å². The number of carbonyl (C=O) groups is 2. The standard InChI is InChI=1S/C14H15F2NO3/c1-20-13(19)7-10-5-6-12(18)17(10)8-9-3-2-4-11(15)14(9)16/h2-4,10H,5-8H2,1H3/t10-/m0/s1. The van der Waals surface area contributed by atoms with E-state index in [9.17, 15) is 18.4 Å². The van der Waals surface area contributed by atoms with E-state index in [2.05, 4.69) is 4.74 Å². The molecule has 6 heteroatoms. The van der Waals surface area contributed by atoms with E-state index >= 15 is 0 Å². The van der Waals surface area contributed by atoms with Gasteiger partial charge in [0.2, 0.25) is 5.91 Å². The molecule has 0 aliphatic carbocycles. The fourth-order valence-electron chi connectivity index (χ4n) is 2.35. The quantitative estimate of drug-likeness (QED) is 0.794. The molecule has 0 N–H and O–H groups in total. The van der Waals surface area contributed by atoms with Crippen LogP contribution in [-0.2, 0) is 20.9 Å². The summed E-state index contributed by atoms with van der Waals surface area (Å²) in [5, 5.41) is 0. The van der Waals surface area contributed by atoms with E-state index in [1.807, 2.05) is 0 Å². The van der Waals surface area contributed by atoms with Gasteiger partial charge in [-0.1, -0.05) is 12.1 Å². The summed E-state index contributed by atoms with van der Waals surface area (Å²) in [4.78, 5) is 24.5. The molecule has 1 aromatic carbocycles. The maximum absolute atomic E-state index is 13.6. The number of halogens is 2. The lowest BCUT2D eigenvalue weighted by Crippen LogP contribution is -2.34. The third-order valence-corrected chi connectivity index (χ3v) is 3.45. The summed E-state index contributed by atoms with van der Waals surface area (Å²) < 4.78 is 31.4. The van der Waals surface area contributed by atoms with Crippen LogP contribution in [-0.4, -0.2) is 29.9 Å². The number of hydrogen-bond acceptors (Lipinski definition) is 3. The van der Waals surface area contributed by atoms with Crippen LogP contribution in [0, 0.1) is 11.6 Å². The van der Waals surface area contributed by atoms with Crippen molar-refractivity contribution < 1.29 is 23.1 Å². The van der Waals surface area contributed by atoms with Gasteiger partial charge in [0.1, 0.15) is 0 Å². The number of ether oxygens (including phenoxy) is 1. The Balaban J connectivity index is 2.14. The normalized spacial score (nSPS) is 18.4. The first kappa shape index (κ1) is 14.4. The molecule has 1 aliphatic heterocycles. The molecule has 1 atom stereocenters. The number of carbonyl (C=O) groups excluding carboxylic acids is 2. The van der Waals surface area contributed by atoms with Gasteiger partial charge in [-0.2, -0.15) is 0 Å². The van der Waals surface area contributed by atoms with Gasteiger partial charge >= 0.3 is 5.97 Å². The Labute approximate surface area is 115 Å². The van der Waals surface area contributed by atoms with E-state index in [4.69, 9.17) is 0 Å². The Bertz CT molecular complexity index is 533. The molecule has 1 aromatic rings. The van der Waals surface area contributed by atoms with Crippen LogP contribution < -0.4 is 0 Å². The summed E-state index contributed by atoms with van der Waals surface area (Å²) in [6, 6.07) is 3.52. The number of hydrogen-bond donors (Lipinski definition) is 0. The predicted molar refractivity (Wildman–Crippen MR) is 66.6 cm³/mol. The van der Waals surface area contributed by atoms with Crippen molar-refractivity contribution in [2.45, 2.75) is 31.8 Å². The summed E-state index contributed by atoms with van der Waals surface area (Å²) in [5.74, 6) is -2.49. The number of benzene rings is 1. The molecule has 1 fully saturated rings. The molecule has 20 heavy (non-hydrogen) atoms. The van der Waals surface area contributed by atoms with Gasteiger partial charge in [0.25, 0.3) is 0 Å². The first-order valence-electron chi connectivity index (χ1n) is 6.32. The Kier molecular flexibility index (Phi) is 4.32. The van der Waals surface area contributed by atoms with Crippen LogP contribution in [0.15, 0.2) is 18.2 Å². The zero-order chi connectivity index (χ0) is 14.7. The molecular formula is C14H15F2NO3. The molecule has 0 saturated carbocycles. The van der Waals surface area contributed by atoms with Crippen molar-refractivity contribution in [2.75, 3.05) is 7.11 Å². The largest absolute Gasteiger partial charge is 0.469 e. The fraction of sp³-hybridized carbons (Fsp3) is 0.429. The van der Waals surface area contributed by atoms with Gasteiger partial charge in [0.05, 0.1) is 13.5 Å². The van der Waals surface area contributed by atoms with Gasteiger partial charge in [-0.25, -0.2) is 8.78 Å². The monoisotopic (exact) mass is 283 g/mol. The minimum atomic E-state index is -0.955. The zero-order valence-corrected chi connectivity index (χ0v) is 11.1. The van der Waals surface area contributed by atoms with Crippen LogP contribution in [0.1, 0.15) is 24.8 Å². The molecule has 1 amide bonds. The van der Waals surface area contributed by atoms with Crippen molar-refractivity contribution in [1.82, 2.24) is 4.90 Å². The van der Waals surface area contributed by atoms with Crippen molar-refractivity contribution in [2.24, 2.45) is 0 Å². The highest BCUT2D eigenvalue weighted by atomic mass is 19.2. The second-order valence-electron chi connectivity index (χ2n) is 4.71. The number of amides is 1. The lowest BCUT2D eigenvalue weighted by atomic mass is 10.1. The lowest BCUT2D eigenvalue weighted by Gasteiger charge is -2.24. The van der Waals surface area contributed by atoms with Gasteiger partial charge in [-0.15, -0.1) is 0 Å². The minimum absolute atomic E-state index is 0.0376. The molecule has 2 rings (SSSR count). The van der Waals surface area contributed by atoms with Crippen molar-refractivity contribution in [3.8, 4) is 0 Å². The highest BCUT2D eigenvalue weighted by Gasteiger charge is 2.33. The Morgan fingerprint density at radius 1 is 1.45 bits per heavy atom. The Morgan fingerprint density at radius 3 is 2.90 bits per heavy atom. The van der Waals surface area contributed by atoms with E-state index in [-0.39, 0.29) is 30.5 Å². The summed E-state index contributed by atoms with van der Waals surface area (Å²) in [5.41, 5.74) is 0.107. The van der Waals surface area contributed by atoms with Gasteiger partial charge < -0.3 is 9.64 Å². The lowest BCUT2D eigenvalue weighted by molar-refractivity contribution is -0.142. The van der Waals surface area contributed by atoms with Crippen LogP contribution in [0.2, 0.25) is 0 Å². The second kappa shape index (κ2) is 5.98. The third kappa shape index (κ3) is 2.95. The van der Waals surface area contributed by atoms with Crippen molar-refractivity contribution >= 4 is 11.9 Å². The number of methoxy groups -OCH3 is 1. The molecular weight excluding hydrogens is 268 g/mol. The summed E-state index contributed by atoms with van der Waals surface area (Å²) in [7, 11) is 1.27. The van der Waals surface area contributed by atoms with E-state index in [1.54, 1.807) is 0 Å². The van der Waals surface area contributed by atoms with Crippen LogP contribution in [0.4, 0.5) is 8.78 Å². The average molecular weight is 283 g/mol. The zero-order valence-electron chi connectivity index (χ0n) is 11.1. The number of likely N-dealkylation sites (tertiary alicyclic amines) is 1. The summed E-state index contributed by atoms with van der Waals surface area (Å²) >= 11 is 0. The van der Waals surface area contributed by atoms with E-state index in [1.165, 1.54) is 24.1 Å². The van der Waals surface area contributed by atoms with Crippen LogP contribution in [0.3, 0.4) is 0 Å². The second-order valence-corrected chi connectivity index (χ2v) is 4.71. The number of nitrogens with zero attached hydrogens (tertiary/aromatic N) is 1. The molecule has 0 spiro atoms.